The van der Waals surface area contributed by atoms with Gasteiger partial charge < -0.3 is 9.47 Å². The number of ether oxygens (including phenoxy) is 2. The molecule has 30 heavy (non-hydrogen) atoms. The van der Waals surface area contributed by atoms with Crippen molar-refractivity contribution in [3.8, 4) is 17.1 Å². The van der Waals surface area contributed by atoms with Gasteiger partial charge in [-0.3, -0.25) is 0 Å². The summed E-state index contributed by atoms with van der Waals surface area (Å²) < 4.78 is 10.6. The summed E-state index contributed by atoms with van der Waals surface area (Å²) in [7, 11) is 1.60. The number of aromatic nitrogens is 4. The predicted molar refractivity (Wildman–Crippen MR) is 111 cm³/mol. The molecule has 0 spiro atoms. The molecule has 0 amide bonds. The van der Waals surface area contributed by atoms with Crippen LogP contribution < -0.4 is 4.74 Å². The van der Waals surface area contributed by atoms with Gasteiger partial charge in [0.1, 0.15) is 12.4 Å². The number of carbonyl (C=O) groups excluding carboxylic acids is 1. The van der Waals surface area contributed by atoms with Crippen LogP contribution in [-0.4, -0.2) is 33.3 Å². The molecule has 150 valence electrons. The van der Waals surface area contributed by atoms with E-state index < -0.39 is 5.97 Å². The monoisotopic (exact) mass is 400 g/mol. The molecule has 7 nitrogen and oxygen atoms in total. The SMILES string of the molecule is COc1cccc(COC(=O)c2ccc(-c3nnn(Cc4ccccc4)n3)cc2)c1. The van der Waals surface area contributed by atoms with Gasteiger partial charge in [0.2, 0.25) is 5.82 Å². The Morgan fingerprint density at radius 1 is 0.933 bits per heavy atom. The Labute approximate surface area is 173 Å². The third kappa shape index (κ3) is 4.70. The van der Waals surface area contributed by atoms with Gasteiger partial charge in [-0.05, 0) is 40.6 Å². The molecule has 0 fully saturated rings. The largest absolute Gasteiger partial charge is 0.497 e. The van der Waals surface area contributed by atoms with E-state index in [1.807, 2.05) is 54.6 Å². The first-order valence-electron chi connectivity index (χ1n) is 9.43. The van der Waals surface area contributed by atoms with E-state index in [9.17, 15) is 4.79 Å². The molecule has 7 heteroatoms. The molecule has 1 aromatic heterocycles. The third-order valence-electron chi connectivity index (χ3n) is 4.50. The maximum atomic E-state index is 12.3. The van der Waals surface area contributed by atoms with Crippen molar-refractivity contribution in [3.63, 3.8) is 0 Å². The number of hydrogen-bond acceptors (Lipinski definition) is 6. The first-order valence-corrected chi connectivity index (χ1v) is 9.43. The summed E-state index contributed by atoms with van der Waals surface area (Å²) in [5, 5.41) is 12.6. The van der Waals surface area contributed by atoms with Crippen LogP contribution in [0.15, 0.2) is 78.9 Å². The van der Waals surface area contributed by atoms with Crippen molar-refractivity contribution in [3.05, 3.63) is 95.6 Å². The number of benzene rings is 3. The Kier molecular flexibility index (Phi) is 5.80. The van der Waals surface area contributed by atoms with Crippen LogP contribution in [0.1, 0.15) is 21.5 Å². The van der Waals surface area contributed by atoms with Crippen LogP contribution >= 0.6 is 0 Å². The van der Waals surface area contributed by atoms with E-state index in [4.69, 9.17) is 9.47 Å². The van der Waals surface area contributed by atoms with Crippen LogP contribution in [0.2, 0.25) is 0 Å². The minimum Gasteiger partial charge on any atom is -0.497 e. The van der Waals surface area contributed by atoms with Crippen molar-refractivity contribution in [2.75, 3.05) is 7.11 Å². The van der Waals surface area contributed by atoms with E-state index in [-0.39, 0.29) is 6.61 Å². The van der Waals surface area contributed by atoms with Crippen molar-refractivity contribution in [2.45, 2.75) is 13.2 Å². The number of carbonyl (C=O) groups is 1. The van der Waals surface area contributed by atoms with E-state index in [2.05, 4.69) is 15.4 Å². The second-order valence-electron chi connectivity index (χ2n) is 6.63. The Bertz CT molecular complexity index is 1120. The highest BCUT2D eigenvalue weighted by molar-refractivity contribution is 5.89. The molecule has 0 N–H and O–H groups in total. The van der Waals surface area contributed by atoms with Gasteiger partial charge in [0.25, 0.3) is 0 Å². The molecule has 0 aliphatic carbocycles. The Hall–Kier alpha value is -4.00. The van der Waals surface area contributed by atoms with E-state index in [0.717, 1.165) is 22.4 Å². The average Bonchev–Trinajstić information content (AvgIpc) is 3.27. The van der Waals surface area contributed by atoms with Crippen LogP contribution in [0.3, 0.4) is 0 Å². The standard InChI is InChI=1S/C23H20N4O3/c1-29-21-9-5-8-18(14-21)16-30-23(28)20-12-10-19(11-13-20)22-24-26-27(25-22)15-17-6-3-2-4-7-17/h2-14H,15-16H2,1H3. The zero-order valence-corrected chi connectivity index (χ0v) is 16.4. The van der Waals surface area contributed by atoms with Gasteiger partial charge in [-0.25, -0.2) is 4.79 Å². The summed E-state index contributed by atoms with van der Waals surface area (Å²) in [4.78, 5) is 13.9. The summed E-state index contributed by atoms with van der Waals surface area (Å²) in [6.45, 7) is 0.718. The van der Waals surface area contributed by atoms with Crippen LogP contribution in [0.4, 0.5) is 0 Å². The van der Waals surface area contributed by atoms with Gasteiger partial charge in [0, 0.05) is 5.56 Å². The van der Waals surface area contributed by atoms with Crippen molar-refractivity contribution in [1.82, 2.24) is 20.2 Å². The van der Waals surface area contributed by atoms with Gasteiger partial charge in [-0.2, -0.15) is 4.80 Å². The van der Waals surface area contributed by atoms with Gasteiger partial charge in [-0.15, -0.1) is 10.2 Å². The van der Waals surface area contributed by atoms with Gasteiger partial charge in [0.05, 0.1) is 19.2 Å². The molecule has 0 unspecified atom stereocenters. The lowest BCUT2D eigenvalue weighted by atomic mass is 10.1. The van der Waals surface area contributed by atoms with Gasteiger partial charge >= 0.3 is 5.97 Å². The Morgan fingerprint density at radius 2 is 1.70 bits per heavy atom. The topological polar surface area (TPSA) is 79.1 Å². The highest BCUT2D eigenvalue weighted by Gasteiger charge is 2.11. The lowest BCUT2D eigenvalue weighted by Crippen LogP contribution is -2.05. The van der Waals surface area contributed by atoms with Crippen LogP contribution in [-0.2, 0) is 17.9 Å². The van der Waals surface area contributed by atoms with Gasteiger partial charge in [-0.1, -0.05) is 54.6 Å². The highest BCUT2D eigenvalue weighted by Crippen LogP contribution is 2.17. The number of tetrazole rings is 1. The summed E-state index contributed by atoms with van der Waals surface area (Å²) in [5.74, 6) is 0.827. The Morgan fingerprint density at radius 3 is 2.47 bits per heavy atom. The lowest BCUT2D eigenvalue weighted by Gasteiger charge is -2.07. The minimum atomic E-state index is -0.398. The van der Waals surface area contributed by atoms with Crippen LogP contribution in [0.25, 0.3) is 11.4 Å². The zero-order chi connectivity index (χ0) is 20.8. The van der Waals surface area contributed by atoms with Crippen molar-refractivity contribution < 1.29 is 14.3 Å². The van der Waals surface area contributed by atoms with Crippen LogP contribution in [0, 0.1) is 0 Å². The van der Waals surface area contributed by atoms with E-state index in [1.54, 1.807) is 36.2 Å². The summed E-state index contributed by atoms with van der Waals surface area (Å²) >= 11 is 0. The molecule has 4 aromatic rings. The second kappa shape index (κ2) is 9.00. The fourth-order valence-electron chi connectivity index (χ4n) is 2.92. The molecule has 0 bridgehead atoms. The number of nitrogens with zero attached hydrogens (tertiary/aromatic N) is 4. The average molecular weight is 400 g/mol. The first kappa shape index (κ1) is 19.3. The first-order chi connectivity index (χ1) is 14.7. The Balaban J connectivity index is 1.38. The minimum absolute atomic E-state index is 0.174. The van der Waals surface area contributed by atoms with Gasteiger partial charge in [0.15, 0.2) is 0 Å². The van der Waals surface area contributed by atoms with Crippen molar-refractivity contribution >= 4 is 5.97 Å². The van der Waals surface area contributed by atoms with E-state index in [1.165, 1.54) is 0 Å². The molecule has 4 rings (SSSR count). The van der Waals surface area contributed by atoms with E-state index in [0.29, 0.717) is 17.9 Å². The highest BCUT2D eigenvalue weighted by atomic mass is 16.5. The summed E-state index contributed by atoms with van der Waals surface area (Å²) in [5.41, 5.74) is 3.19. The molecule has 1 heterocycles. The molecule has 0 aliphatic rings. The zero-order valence-electron chi connectivity index (χ0n) is 16.4. The number of hydrogen-bond donors (Lipinski definition) is 0. The third-order valence-corrected chi connectivity index (χ3v) is 4.50. The number of rotatable bonds is 7. The molecule has 0 atom stereocenters. The molecular formula is C23H20N4O3. The van der Waals surface area contributed by atoms with Crippen molar-refractivity contribution in [2.24, 2.45) is 0 Å². The summed E-state index contributed by atoms with van der Waals surface area (Å²) in [6, 6.07) is 24.3. The predicted octanol–water partition coefficient (Wildman–Crippen LogP) is 3.75. The lowest BCUT2D eigenvalue weighted by molar-refractivity contribution is 0.0472. The van der Waals surface area contributed by atoms with Crippen LogP contribution in [0.5, 0.6) is 5.75 Å². The maximum absolute atomic E-state index is 12.3. The fraction of sp³-hybridized carbons (Fsp3) is 0.130. The number of esters is 1. The molecular weight excluding hydrogens is 380 g/mol. The normalized spacial score (nSPS) is 10.6. The second-order valence-corrected chi connectivity index (χ2v) is 6.63. The maximum Gasteiger partial charge on any atom is 0.338 e. The fourth-order valence-corrected chi connectivity index (χ4v) is 2.92. The number of methoxy groups -OCH3 is 1. The molecule has 0 saturated heterocycles. The summed E-state index contributed by atoms with van der Waals surface area (Å²) in [6.07, 6.45) is 0. The molecule has 0 radical (unpaired) electrons. The quantitative estimate of drug-likeness (QED) is 0.440. The molecule has 0 aliphatic heterocycles. The molecule has 0 saturated carbocycles. The van der Waals surface area contributed by atoms with Crippen molar-refractivity contribution in [1.29, 1.82) is 0 Å². The molecule has 3 aromatic carbocycles. The van der Waals surface area contributed by atoms with E-state index >= 15 is 0 Å². The smallest absolute Gasteiger partial charge is 0.338 e.